The standard InChI is InChI=1S/C23H25ClFN5O/c1-3-4-9-27-22-21-20(28-23(26)29-22)17-11-16(25)6-7-18(17)30(21)13-15-10-14(12-24)5-8-19(15)31-2/h5-8,10-11H,3-4,9,12-13H2,1-2H3,(H3,26,27,28,29). The van der Waals surface area contributed by atoms with Gasteiger partial charge in [0.25, 0.3) is 0 Å². The van der Waals surface area contributed by atoms with Crippen molar-refractivity contribution in [2.24, 2.45) is 0 Å². The molecule has 6 nitrogen and oxygen atoms in total. The Kier molecular flexibility index (Phi) is 6.13. The zero-order valence-electron chi connectivity index (χ0n) is 17.6. The molecule has 0 amide bonds. The summed E-state index contributed by atoms with van der Waals surface area (Å²) in [7, 11) is 1.64. The number of nitrogens with one attached hydrogen (secondary N) is 1. The molecule has 8 heteroatoms. The van der Waals surface area contributed by atoms with Gasteiger partial charge in [-0.3, -0.25) is 0 Å². The predicted molar refractivity (Wildman–Crippen MR) is 124 cm³/mol. The summed E-state index contributed by atoms with van der Waals surface area (Å²) in [5.41, 5.74) is 10.2. The summed E-state index contributed by atoms with van der Waals surface area (Å²) in [6.07, 6.45) is 2.04. The van der Waals surface area contributed by atoms with Gasteiger partial charge in [-0.1, -0.05) is 19.4 Å². The summed E-state index contributed by atoms with van der Waals surface area (Å²) in [4.78, 5) is 8.92. The summed E-state index contributed by atoms with van der Waals surface area (Å²) in [5.74, 6) is 1.61. The molecular weight excluding hydrogens is 417 g/mol. The summed E-state index contributed by atoms with van der Waals surface area (Å²) in [6.45, 7) is 3.36. The van der Waals surface area contributed by atoms with E-state index >= 15 is 0 Å². The van der Waals surface area contributed by atoms with Gasteiger partial charge in [0.15, 0.2) is 5.82 Å². The van der Waals surface area contributed by atoms with Crippen LogP contribution >= 0.6 is 11.6 Å². The number of nitrogens with zero attached hydrogens (tertiary/aromatic N) is 3. The van der Waals surface area contributed by atoms with Gasteiger partial charge in [0.05, 0.1) is 19.2 Å². The van der Waals surface area contributed by atoms with E-state index in [1.54, 1.807) is 13.2 Å². The molecule has 0 spiro atoms. The number of hydrogen-bond acceptors (Lipinski definition) is 5. The van der Waals surface area contributed by atoms with Crippen molar-refractivity contribution < 1.29 is 9.13 Å². The van der Waals surface area contributed by atoms with Crippen molar-refractivity contribution in [1.29, 1.82) is 0 Å². The second kappa shape index (κ2) is 8.98. The highest BCUT2D eigenvalue weighted by molar-refractivity contribution is 6.17. The number of nitrogen functional groups attached to an aromatic ring is 1. The number of hydrogen-bond donors (Lipinski definition) is 2. The molecule has 2 heterocycles. The number of halogens is 2. The van der Waals surface area contributed by atoms with Crippen molar-refractivity contribution in [1.82, 2.24) is 14.5 Å². The topological polar surface area (TPSA) is 78.0 Å². The fraction of sp³-hybridized carbons (Fsp3) is 0.304. The lowest BCUT2D eigenvalue weighted by molar-refractivity contribution is 0.408. The van der Waals surface area contributed by atoms with Crippen LogP contribution in [0.2, 0.25) is 0 Å². The molecule has 2 aromatic heterocycles. The minimum Gasteiger partial charge on any atom is -0.496 e. The third-order valence-corrected chi connectivity index (χ3v) is 5.63. The molecule has 0 aliphatic heterocycles. The van der Waals surface area contributed by atoms with E-state index in [0.29, 0.717) is 29.1 Å². The van der Waals surface area contributed by atoms with E-state index in [0.717, 1.165) is 47.3 Å². The lowest BCUT2D eigenvalue weighted by Gasteiger charge is -2.15. The Labute approximate surface area is 185 Å². The van der Waals surface area contributed by atoms with Crippen molar-refractivity contribution in [3.8, 4) is 5.75 Å². The van der Waals surface area contributed by atoms with Crippen LogP contribution in [0.1, 0.15) is 30.9 Å². The van der Waals surface area contributed by atoms with Crippen molar-refractivity contribution in [2.45, 2.75) is 32.2 Å². The van der Waals surface area contributed by atoms with Crippen LogP contribution in [0.3, 0.4) is 0 Å². The van der Waals surface area contributed by atoms with Crippen molar-refractivity contribution in [2.75, 3.05) is 24.7 Å². The molecule has 0 aliphatic rings. The van der Waals surface area contributed by atoms with Crippen LogP contribution in [-0.4, -0.2) is 28.2 Å². The van der Waals surface area contributed by atoms with Gasteiger partial charge in [-0.15, -0.1) is 11.6 Å². The average molecular weight is 442 g/mol. The number of fused-ring (bicyclic) bond motifs is 3. The van der Waals surface area contributed by atoms with Gasteiger partial charge in [0.1, 0.15) is 22.6 Å². The molecule has 2 aromatic carbocycles. The van der Waals surface area contributed by atoms with Crippen molar-refractivity contribution in [3.05, 3.63) is 53.3 Å². The van der Waals surface area contributed by atoms with E-state index < -0.39 is 0 Å². The highest BCUT2D eigenvalue weighted by Gasteiger charge is 2.19. The molecule has 0 atom stereocenters. The Bertz CT molecular complexity index is 1240. The monoisotopic (exact) mass is 441 g/mol. The van der Waals surface area contributed by atoms with Gasteiger partial charge in [-0.25, -0.2) is 9.37 Å². The number of benzene rings is 2. The normalized spacial score (nSPS) is 11.4. The first kappa shape index (κ1) is 21.2. The molecule has 162 valence electrons. The fourth-order valence-corrected chi connectivity index (χ4v) is 4.02. The maximum Gasteiger partial charge on any atom is 0.222 e. The highest BCUT2D eigenvalue weighted by Crippen LogP contribution is 2.34. The van der Waals surface area contributed by atoms with Crippen LogP contribution < -0.4 is 15.8 Å². The van der Waals surface area contributed by atoms with E-state index in [2.05, 4.69) is 26.8 Å². The summed E-state index contributed by atoms with van der Waals surface area (Å²) in [6, 6.07) is 10.6. The Hall–Kier alpha value is -3.06. The van der Waals surface area contributed by atoms with Crippen molar-refractivity contribution in [3.63, 3.8) is 0 Å². The zero-order valence-corrected chi connectivity index (χ0v) is 18.3. The third-order valence-electron chi connectivity index (χ3n) is 5.33. The van der Waals surface area contributed by atoms with Crippen LogP contribution in [0.5, 0.6) is 5.75 Å². The SMILES string of the molecule is CCCCNc1nc(N)nc2c3cc(F)ccc3n(Cc3cc(CCl)ccc3OC)c12. The number of aromatic nitrogens is 3. The quantitative estimate of drug-likeness (QED) is 0.286. The fourth-order valence-electron chi connectivity index (χ4n) is 3.85. The maximum absolute atomic E-state index is 14.1. The summed E-state index contributed by atoms with van der Waals surface area (Å²) >= 11 is 6.06. The van der Waals surface area contributed by atoms with Gasteiger partial charge < -0.3 is 20.4 Å². The van der Waals surface area contributed by atoms with E-state index in [-0.39, 0.29) is 11.8 Å². The number of rotatable bonds is 8. The van der Waals surface area contributed by atoms with E-state index in [9.17, 15) is 4.39 Å². The second-order valence-electron chi connectivity index (χ2n) is 7.44. The molecule has 0 radical (unpaired) electrons. The maximum atomic E-state index is 14.1. The van der Waals surface area contributed by atoms with E-state index in [4.69, 9.17) is 22.1 Å². The highest BCUT2D eigenvalue weighted by atomic mass is 35.5. The number of alkyl halides is 1. The van der Waals surface area contributed by atoms with Crippen LogP contribution in [0.4, 0.5) is 16.2 Å². The Morgan fingerprint density at radius 2 is 2.03 bits per heavy atom. The average Bonchev–Trinajstić information content (AvgIpc) is 3.06. The summed E-state index contributed by atoms with van der Waals surface area (Å²) in [5, 5.41) is 4.07. The lowest BCUT2D eigenvalue weighted by Crippen LogP contribution is -2.09. The molecular formula is C23H25ClFN5O. The smallest absolute Gasteiger partial charge is 0.222 e. The van der Waals surface area contributed by atoms with Gasteiger partial charge in [0, 0.05) is 23.4 Å². The van der Waals surface area contributed by atoms with Gasteiger partial charge in [-0.05, 0) is 42.3 Å². The van der Waals surface area contributed by atoms with Gasteiger partial charge in [-0.2, -0.15) is 4.98 Å². The molecule has 0 saturated carbocycles. The van der Waals surface area contributed by atoms with Crippen LogP contribution in [-0.2, 0) is 12.4 Å². The zero-order chi connectivity index (χ0) is 22.0. The minimum absolute atomic E-state index is 0.150. The molecule has 4 aromatic rings. The molecule has 0 fully saturated rings. The second-order valence-corrected chi connectivity index (χ2v) is 7.70. The molecule has 3 N–H and O–H groups in total. The van der Waals surface area contributed by atoms with Gasteiger partial charge in [0.2, 0.25) is 5.95 Å². The first-order valence-corrected chi connectivity index (χ1v) is 10.8. The van der Waals surface area contributed by atoms with E-state index in [1.165, 1.54) is 12.1 Å². The minimum atomic E-state index is -0.328. The van der Waals surface area contributed by atoms with Crippen molar-refractivity contribution >= 4 is 45.3 Å². The Morgan fingerprint density at radius 1 is 1.19 bits per heavy atom. The third kappa shape index (κ3) is 4.10. The first-order valence-electron chi connectivity index (χ1n) is 10.3. The van der Waals surface area contributed by atoms with Gasteiger partial charge >= 0.3 is 0 Å². The van der Waals surface area contributed by atoms with Crippen LogP contribution in [0.15, 0.2) is 36.4 Å². The predicted octanol–water partition coefficient (Wildman–Crippen LogP) is 5.31. The van der Waals surface area contributed by atoms with Crippen LogP contribution in [0.25, 0.3) is 21.9 Å². The number of nitrogens with two attached hydrogens (primary N) is 1. The molecule has 4 rings (SSSR count). The summed E-state index contributed by atoms with van der Waals surface area (Å²) < 4.78 is 21.8. The number of ether oxygens (including phenoxy) is 1. The Morgan fingerprint density at radius 3 is 2.77 bits per heavy atom. The molecule has 0 unspecified atom stereocenters. The lowest BCUT2D eigenvalue weighted by atomic mass is 10.1. The Balaban J connectivity index is 1.96. The molecule has 0 bridgehead atoms. The first-order chi connectivity index (χ1) is 15.0. The van der Waals surface area contributed by atoms with Crippen LogP contribution in [0, 0.1) is 5.82 Å². The molecule has 0 saturated heterocycles. The van der Waals surface area contributed by atoms with E-state index in [1.807, 2.05) is 18.2 Å². The number of anilines is 2. The largest absolute Gasteiger partial charge is 0.496 e. The number of methoxy groups -OCH3 is 1. The number of unbranched alkanes of at least 4 members (excludes halogenated alkanes) is 1. The molecule has 0 aliphatic carbocycles. The molecule has 31 heavy (non-hydrogen) atoms.